The highest BCUT2D eigenvalue weighted by atomic mass is 32.1. The van der Waals surface area contributed by atoms with Crippen LogP contribution in [0.4, 0.5) is 5.69 Å². The number of hydrogen-bond donors (Lipinski definition) is 2. The maximum Gasteiger partial charge on any atom is 0.265 e. The summed E-state index contributed by atoms with van der Waals surface area (Å²) in [6.45, 7) is 1.72. The molecule has 19 heavy (non-hydrogen) atoms. The normalized spacial score (nSPS) is 13.8. The molecule has 0 atom stereocenters. The van der Waals surface area contributed by atoms with Crippen molar-refractivity contribution in [2.45, 2.75) is 0 Å². The van der Waals surface area contributed by atoms with Gasteiger partial charge in [-0.25, -0.2) is 0 Å². The van der Waals surface area contributed by atoms with Crippen LogP contribution in [-0.2, 0) is 0 Å². The highest BCUT2D eigenvalue weighted by Gasteiger charge is 2.09. The van der Waals surface area contributed by atoms with Gasteiger partial charge in [-0.15, -0.1) is 11.3 Å². The molecule has 2 aromatic rings. The molecule has 3 rings (SSSR count). The average Bonchev–Trinajstić information content (AvgIpc) is 3.13. The molecule has 1 aromatic heterocycles. The zero-order valence-corrected chi connectivity index (χ0v) is 11.0. The number of amidine groups is 1. The van der Waals surface area contributed by atoms with E-state index in [2.05, 4.69) is 15.6 Å². The molecule has 0 radical (unpaired) electrons. The van der Waals surface area contributed by atoms with Crippen molar-refractivity contribution in [1.82, 2.24) is 5.32 Å². The Morgan fingerprint density at radius 3 is 2.74 bits per heavy atom. The highest BCUT2D eigenvalue weighted by molar-refractivity contribution is 7.12. The number of aliphatic imine (C=N–C) groups is 1. The third kappa shape index (κ3) is 2.66. The first kappa shape index (κ1) is 11.9. The summed E-state index contributed by atoms with van der Waals surface area (Å²) in [4.78, 5) is 17.0. The van der Waals surface area contributed by atoms with E-state index in [0.29, 0.717) is 4.88 Å². The van der Waals surface area contributed by atoms with Crippen LogP contribution in [0.5, 0.6) is 0 Å². The second kappa shape index (κ2) is 5.24. The van der Waals surface area contributed by atoms with Crippen molar-refractivity contribution in [2.75, 3.05) is 18.4 Å². The van der Waals surface area contributed by atoms with E-state index in [4.69, 9.17) is 0 Å². The van der Waals surface area contributed by atoms with Crippen molar-refractivity contribution in [3.05, 3.63) is 52.2 Å². The number of carbonyl (C=O) groups is 1. The number of anilines is 1. The number of rotatable bonds is 3. The molecule has 0 aliphatic carbocycles. The molecule has 2 heterocycles. The minimum absolute atomic E-state index is 0.0703. The lowest BCUT2D eigenvalue weighted by atomic mass is 10.2. The van der Waals surface area contributed by atoms with E-state index in [0.717, 1.165) is 30.2 Å². The topological polar surface area (TPSA) is 53.5 Å². The molecule has 1 amide bonds. The van der Waals surface area contributed by atoms with Crippen molar-refractivity contribution < 1.29 is 4.79 Å². The van der Waals surface area contributed by atoms with E-state index >= 15 is 0 Å². The zero-order chi connectivity index (χ0) is 13.1. The molecular weight excluding hydrogens is 258 g/mol. The lowest BCUT2D eigenvalue weighted by molar-refractivity contribution is 0.103. The van der Waals surface area contributed by atoms with Crippen molar-refractivity contribution in [2.24, 2.45) is 4.99 Å². The Morgan fingerprint density at radius 2 is 2.11 bits per heavy atom. The van der Waals surface area contributed by atoms with Gasteiger partial charge < -0.3 is 10.6 Å². The first-order valence-corrected chi connectivity index (χ1v) is 6.94. The highest BCUT2D eigenvalue weighted by Crippen LogP contribution is 2.14. The van der Waals surface area contributed by atoms with Gasteiger partial charge in [0.15, 0.2) is 0 Å². The number of benzene rings is 1. The molecule has 4 nitrogen and oxygen atoms in total. The third-order valence-electron chi connectivity index (χ3n) is 2.84. The summed E-state index contributed by atoms with van der Waals surface area (Å²) in [5, 5.41) is 7.98. The van der Waals surface area contributed by atoms with Crippen LogP contribution in [-0.4, -0.2) is 24.8 Å². The van der Waals surface area contributed by atoms with Crippen LogP contribution in [0.3, 0.4) is 0 Å². The van der Waals surface area contributed by atoms with Gasteiger partial charge in [0.25, 0.3) is 5.91 Å². The molecule has 0 bridgehead atoms. The first-order chi connectivity index (χ1) is 9.33. The van der Waals surface area contributed by atoms with Gasteiger partial charge >= 0.3 is 0 Å². The summed E-state index contributed by atoms with van der Waals surface area (Å²) >= 11 is 1.43. The Morgan fingerprint density at radius 1 is 1.26 bits per heavy atom. The van der Waals surface area contributed by atoms with Crippen LogP contribution in [0.25, 0.3) is 0 Å². The van der Waals surface area contributed by atoms with Gasteiger partial charge in [-0.05, 0) is 35.7 Å². The van der Waals surface area contributed by atoms with Crippen molar-refractivity contribution in [1.29, 1.82) is 0 Å². The van der Waals surface area contributed by atoms with Crippen LogP contribution >= 0.6 is 11.3 Å². The van der Waals surface area contributed by atoms with Gasteiger partial charge in [0.05, 0.1) is 11.4 Å². The fourth-order valence-electron chi connectivity index (χ4n) is 1.90. The van der Waals surface area contributed by atoms with Crippen LogP contribution in [0, 0.1) is 0 Å². The number of thiophene rings is 1. The quantitative estimate of drug-likeness (QED) is 0.900. The fourth-order valence-corrected chi connectivity index (χ4v) is 2.52. The van der Waals surface area contributed by atoms with E-state index in [-0.39, 0.29) is 5.91 Å². The molecule has 0 saturated heterocycles. The third-order valence-corrected chi connectivity index (χ3v) is 3.70. The van der Waals surface area contributed by atoms with Gasteiger partial charge in [-0.2, -0.15) is 0 Å². The number of nitrogens with zero attached hydrogens (tertiary/aromatic N) is 1. The van der Waals surface area contributed by atoms with Crippen LogP contribution < -0.4 is 10.6 Å². The van der Waals surface area contributed by atoms with E-state index in [9.17, 15) is 4.79 Å². The summed E-state index contributed by atoms with van der Waals surface area (Å²) < 4.78 is 0. The molecule has 2 N–H and O–H groups in total. The molecule has 96 valence electrons. The molecule has 0 unspecified atom stereocenters. The lowest BCUT2D eigenvalue weighted by Gasteiger charge is -2.06. The summed E-state index contributed by atoms with van der Waals surface area (Å²) in [5.74, 6) is 0.857. The Balaban J connectivity index is 1.71. The van der Waals surface area contributed by atoms with Crippen LogP contribution in [0.1, 0.15) is 15.2 Å². The molecule has 0 spiro atoms. The number of nitrogens with one attached hydrogen (secondary N) is 2. The van der Waals surface area contributed by atoms with Gasteiger partial charge in [-0.1, -0.05) is 6.07 Å². The lowest BCUT2D eigenvalue weighted by Crippen LogP contribution is -2.19. The smallest absolute Gasteiger partial charge is 0.265 e. The molecule has 5 heteroatoms. The second-order valence-electron chi connectivity index (χ2n) is 4.17. The Kier molecular flexibility index (Phi) is 3.29. The maximum absolute atomic E-state index is 11.9. The van der Waals surface area contributed by atoms with Crippen LogP contribution in [0.15, 0.2) is 46.8 Å². The number of carbonyl (C=O) groups excluding carboxylic acids is 1. The molecule has 0 saturated carbocycles. The Labute approximate surface area is 115 Å². The summed E-state index contributed by atoms with van der Waals surface area (Å²) in [7, 11) is 0. The van der Waals surface area contributed by atoms with E-state index < -0.39 is 0 Å². The summed E-state index contributed by atoms with van der Waals surface area (Å²) in [6.07, 6.45) is 0. The maximum atomic E-state index is 11.9. The monoisotopic (exact) mass is 271 g/mol. The first-order valence-electron chi connectivity index (χ1n) is 6.06. The van der Waals surface area contributed by atoms with Crippen molar-refractivity contribution in [3.8, 4) is 0 Å². The summed E-state index contributed by atoms with van der Waals surface area (Å²) in [6, 6.07) is 11.4. The average molecular weight is 271 g/mol. The van der Waals surface area contributed by atoms with E-state index in [1.54, 1.807) is 0 Å². The standard InChI is InChI=1S/C14H13N3OS/c18-14(12-2-1-9-19-12)17-11-5-3-10(4-6-11)13-15-7-8-16-13/h1-6,9H,7-8H2,(H,15,16)(H,17,18). The van der Waals surface area contributed by atoms with E-state index in [1.165, 1.54) is 11.3 Å². The zero-order valence-electron chi connectivity index (χ0n) is 10.2. The predicted octanol–water partition coefficient (Wildman–Crippen LogP) is 2.35. The molecular formula is C14H13N3OS. The minimum Gasteiger partial charge on any atom is -0.368 e. The predicted molar refractivity (Wildman–Crippen MR) is 78.1 cm³/mol. The van der Waals surface area contributed by atoms with Gasteiger partial charge in [0.2, 0.25) is 0 Å². The van der Waals surface area contributed by atoms with Gasteiger partial charge in [0.1, 0.15) is 5.84 Å². The Hall–Kier alpha value is -2.14. The van der Waals surface area contributed by atoms with Crippen molar-refractivity contribution >= 4 is 28.8 Å². The fraction of sp³-hybridized carbons (Fsp3) is 0.143. The molecule has 1 aliphatic rings. The second-order valence-corrected chi connectivity index (χ2v) is 5.11. The van der Waals surface area contributed by atoms with Gasteiger partial charge in [0, 0.05) is 17.8 Å². The summed E-state index contributed by atoms with van der Waals surface area (Å²) in [5.41, 5.74) is 1.84. The molecule has 0 fully saturated rings. The Bertz CT molecular complexity index is 602. The largest absolute Gasteiger partial charge is 0.368 e. The SMILES string of the molecule is O=C(Nc1ccc(C2=NCCN2)cc1)c1cccs1. The van der Waals surface area contributed by atoms with Gasteiger partial charge in [-0.3, -0.25) is 9.79 Å². The van der Waals surface area contributed by atoms with E-state index in [1.807, 2.05) is 41.8 Å². The molecule has 1 aliphatic heterocycles. The number of hydrogen-bond acceptors (Lipinski definition) is 4. The number of amides is 1. The minimum atomic E-state index is -0.0703. The van der Waals surface area contributed by atoms with Crippen molar-refractivity contribution in [3.63, 3.8) is 0 Å². The van der Waals surface area contributed by atoms with Crippen LogP contribution in [0.2, 0.25) is 0 Å². The molecule has 1 aromatic carbocycles.